The summed E-state index contributed by atoms with van der Waals surface area (Å²) in [6.45, 7) is 2.18. The molecule has 0 spiro atoms. The number of aliphatic hydroxyl groups excluding tert-OH is 1. The van der Waals surface area contributed by atoms with Crippen LogP contribution < -0.4 is 11.2 Å². The van der Waals surface area contributed by atoms with E-state index in [1.54, 1.807) is 11.4 Å². The molecule has 134 valence electrons. The molecule has 0 bridgehead atoms. The molecular weight excluding hydrogens is 334 g/mol. The summed E-state index contributed by atoms with van der Waals surface area (Å²) in [6.07, 6.45) is 0. The highest BCUT2D eigenvalue weighted by molar-refractivity contribution is 5.79. The smallest absolute Gasteiger partial charge is 0.332 e. The van der Waals surface area contributed by atoms with E-state index < -0.39 is 5.69 Å². The maximum Gasteiger partial charge on any atom is 0.332 e. The number of hydrogen-bond acceptors (Lipinski definition) is 4. The Morgan fingerprint density at radius 2 is 1.77 bits per heavy atom. The van der Waals surface area contributed by atoms with Crippen molar-refractivity contribution in [1.29, 1.82) is 0 Å². The Kier molecular flexibility index (Phi) is 3.58. The van der Waals surface area contributed by atoms with E-state index in [4.69, 9.17) is 0 Å². The zero-order valence-electron chi connectivity index (χ0n) is 14.8. The molecule has 4 aromatic rings. The van der Waals surface area contributed by atoms with Gasteiger partial charge < -0.3 is 9.67 Å². The SMILES string of the molecule is Cc1c(-c2ccccc2)n(CCO)c2nc3c(c(=O)n(C)c(=O)n3C)n12. The fourth-order valence-electron chi connectivity index (χ4n) is 3.56. The van der Waals surface area contributed by atoms with Gasteiger partial charge >= 0.3 is 5.69 Å². The van der Waals surface area contributed by atoms with Crippen LogP contribution in [0.4, 0.5) is 0 Å². The highest BCUT2D eigenvalue weighted by Gasteiger charge is 2.23. The van der Waals surface area contributed by atoms with Crippen molar-refractivity contribution in [1.82, 2.24) is 23.1 Å². The molecule has 0 aliphatic heterocycles. The van der Waals surface area contributed by atoms with Gasteiger partial charge in [0.05, 0.1) is 12.3 Å². The van der Waals surface area contributed by atoms with Crippen LogP contribution in [0.25, 0.3) is 28.2 Å². The summed E-state index contributed by atoms with van der Waals surface area (Å²) < 4.78 is 6.11. The van der Waals surface area contributed by atoms with Crippen LogP contribution >= 0.6 is 0 Å². The molecule has 3 aromatic heterocycles. The van der Waals surface area contributed by atoms with E-state index in [1.807, 2.05) is 41.8 Å². The predicted octanol–water partition coefficient (Wildman–Crippen LogP) is 0.654. The Bertz CT molecular complexity index is 1260. The second-order valence-electron chi connectivity index (χ2n) is 6.30. The van der Waals surface area contributed by atoms with Crippen molar-refractivity contribution in [2.45, 2.75) is 13.5 Å². The molecule has 0 saturated carbocycles. The molecule has 8 nitrogen and oxygen atoms in total. The number of rotatable bonds is 3. The lowest BCUT2D eigenvalue weighted by Crippen LogP contribution is -2.37. The average Bonchev–Trinajstić information content (AvgIpc) is 3.16. The van der Waals surface area contributed by atoms with Crippen LogP contribution in [-0.2, 0) is 20.6 Å². The Morgan fingerprint density at radius 1 is 1.08 bits per heavy atom. The van der Waals surface area contributed by atoms with Crippen molar-refractivity contribution < 1.29 is 5.11 Å². The first-order valence-electron chi connectivity index (χ1n) is 8.31. The van der Waals surface area contributed by atoms with Crippen LogP contribution in [0.2, 0.25) is 0 Å². The fourth-order valence-corrected chi connectivity index (χ4v) is 3.56. The second kappa shape index (κ2) is 5.70. The van der Waals surface area contributed by atoms with Gasteiger partial charge in [-0.2, -0.15) is 4.98 Å². The monoisotopic (exact) mass is 353 g/mol. The molecule has 8 heteroatoms. The fraction of sp³-hybridized carbons (Fsp3) is 0.278. The Hall–Kier alpha value is -3.13. The Morgan fingerprint density at radius 3 is 2.42 bits per heavy atom. The van der Waals surface area contributed by atoms with Crippen LogP contribution in [0.3, 0.4) is 0 Å². The second-order valence-corrected chi connectivity index (χ2v) is 6.30. The van der Waals surface area contributed by atoms with Crippen LogP contribution in [0.15, 0.2) is 39.9 Å². The summed E-state index contributed by atoms with van der Waals surface area (Å²) in [5, 5.41) is 9.55. The van der Waals surface area contributed by atoms with Crippen LogP contribution in [0.5, 0.6) is 0 Å². The van der Waals surface area contributed by atoms with E-state index in [2.05, 4.69) is 4.98 Å². The van der Waals surface area contributed by atoms with Gasteiger partial charge in [-0.3, -0.25) is 18.3 Å². The number of aryl methyl sites for hydroxylation is 2. The van der Waals surface area contributed by atoms with Crippen molar-refractivity contribution in [2.75, 3.05) is 6.61 Å². The summed E-state index contributed by atoms with van der Waals surface area (Å²) in [5.74, 6) is 0.531. The molecule has 4 rings (SSSR count). The topological polar surface area (TPSA) is 86.5 Å². The highest BCUT2D eigenvalue weighted by Crippen LogP contribution is 2.29. The van der Waals surface area contributed by atoms with E-state index in [0.717, 1.165) is 21.5 Å². The van der Waals surface area contributed by atoms with Gasteiger partial charge in [-0.1, -0.05) is 30.3 Å². The standard InChI is InChI=1S/C18H19N5O3/c1-11-13(12-7-5-4-6-8-12)22(9-10-24)17-19-15-14(23(11)17)16(25)21(3)18(26)20(15)2/h4-8,24H,9-10H2,1-3H3. The molecule has 0 fully saturated rings. The maximum atomic E-state index is 12.8. The molecule has 0 saturated heterocycles. The zero-order valence-corrected chi connectivity index (χ0v) is 14.8. The molecule has 1 aromatic carbocycles. The molecule has 0 aliphatic rings. The summed E-state index contributed by atoms with van der Waals surface area (Å²) >= 11 is 0. The summed E-state index contributed by atoms with van der Waals surface area (Å²) in [6, 6.07) is 9.77. The van der Waals surface area contributed by atoms with Crippen LogP contribution in [-0.4, -0.2) is 34.8 Å². The molecular formula is C18H19N5O3. The van der Waals surface area contributed by atoms with Gasteiger partial charge in [0, 0.05) is 31.9 Å². The van der Waals surface area contributed by atoms with Crippen LogP contribution in [0, 0.1) is 6.92 Å². The quantitative estimate of drug-likeness (QED) is 0.586. The number of fused-ring (bicyclic) bond motifs is 3. The number of nitrogens with zero attached hydrogens (tertiary/aromatic N) is 5. The van der Waals surface area contributed by atoms with Gasteiger partial charge in [0.25, 0.3) is 5.56 Å². The number of benzene rings is 1. The van der Waals surface area contributed by atoms with Gasteiger partial charge in [-0.05, 0) is 6.92 Å². The van der Waals surface area contributed by atoms with E-state index in [9.17, 15) is 14.7 Å². The Balaban J connectivity index is 2.24. The highest BCUT2D eigenvalue weighted by atomic mass is 16.3. The van der Waals surface area contributed by atoms with Crippen molar-refractivity contribution in [3.05, 3.63) is 56.9 Å². The normalized spacial score (nSPS) is 11.7. The Labute approximate surface area is 148 Å². The lowest BCUT2D eigenvalue weighted by Gasteiger charge is -2.09. The number of hydrogen-bond donors (Lipinski definition) is 1. The minimum atomic E-state index is -0.419. The maximum absolute atomic E-state index is 12.8. The molecule has 0 atom stereocenters. The van der Waals surface area contributed by atoms with Crippen molar-refractivity contribution in [3.8, 4) is 11.3 Å². The lowest BCUT2D eigenvalue weighted by atomic mass is 10.1. The number of aromatic nitrogens is 5. The molecule has 3 heterocycles. The summed E-state index contributed by atoms with van der Waals surface area (Å²) in [5.41, 5.74) is 2.58. The summed E-state index contributed by atoms with van der Waals surface area (Å²) in [7, 11) is 3.06. The van der Waals surface area contributed by atoms with Crippen molar-refractivity contribution >= 4 is 16.9 Å². The molecule has 0 amide bonds. The molecule has 0 radical (unpaired) electrons. The molecule has 0 aliphatic carbocycles. The van der Waals surface area contributed by atoms with E-state index >= 15 is 0 Å². The first kappa shape index (κ1) is 16.3. The van der Waals surface area contributed by atoms with E-state index in [-0.39, 0.29) is 12.2 Å². The van der Waals surface area contributed by atoms with Gasteiger partial charge in [-0.15, -0.1) is 0 Å². The number of aliphatic hydroxyl groups is 1. The molecule has 0 unspecified atom stereocenters. The average molecular weight is 353 g/mol. The minimum Gasteiger partial charge on any atom is -0.395 e. The third kappa shape index (κ3) is 2.02. The van der Waals surface area contributed by atoms with Gasteiger partial charge in [0.1, 0.15) is 0 Å². The van der Waals surface area contributed by atoms with E-state index in [0.29, 0.717) is 23.5 Å². The first-order chi connectivity index (χ1) is 12.5. The van der Waals surface area contributed by atoms with Gasteiger partial charge in [0.15, 0.2) is 11.2 Å². The predicted molar refractivity (Wildman–Crippen MR) is 98.4 cm³/mol. The minimum absolute atomic E-state index is 0.0657. The number of imidazole rings is 2. The lowest BCUT2D eigenvalue weighted by molar-refractivity contribution is 0.278. The van der Waals surface area contributed by atoms with E-state index in [1.165, 1.54) is 11.6 Å². The van der Waals surface area contributed by atoms with Crippen LogP contribution in [0.1, 0.15) is 5.69 Å². The zero-order chi connectivity index (χ0) is 18.6. The third-order valence-corrected chi connectivity index (χ3v) is 4.80. The largest absolute Gasteiger partial charge is 0.395 e. The summed E-state index contributed by atoms with van der Waals surface area (Å²) in [4.78, 5) is 29.6. The van der Waals surface area contributed by atoms with Gasteiger partial charge in [-0.25, -0.2) is 4.79 Å². The van der Waals surface area contributed by atoms with Crippen molar-refractivity contribution in [3.63, 3.8) is 0 Å². The van der Waals surface area contributed by atoms with Gasteiger partial charge in [0.2, 0.25) is 5.78 Å². The first-order valence-corrected chi connectivity index (χ1v) is 8.31. The third-order valence-electron chi connectivity index (χ3n) is 4.80. The van der Waals surface area contributed by atoms with Crippen molar-refractivity contribution in [2.24, 2.45) is 14.1 Å². The molecule has 26 heavy (non-hydrogen) atoms. The molecule has 1 N–H and O–H groups in total.